The van der Waals surface area contributed by atoms with E-state index in [2.05, 4.69) is 9.97 Å². The second-order valence-corrected chi connectivity index (χ2v) is 4.96. The highest BCUT2D eigenvalue weighted by Gasteiger charge is 2.15. The molecule has 2 rings (SSSR count). The van der Waals surface area contributed by atoms with Gasteiger partial charge in [-0.25, -0.2) is 14.4 Å². The number of rotatable bonds is 2. The van der Waals surface area contributed by atoms with Crippen molar-refractivity contribution in [3.63, 3.8) is 0 Å². The molecular formula is C14H14ClFN2. The number of nitrogens with zero attached hydrogens (tertiary/aromatic N) is 2. The molecule has 0 aliphatic carbocycles. The minimum Gasteiger partial charge on any atom is -0.236 e. The normalized spacial score (nSPS) is 11.0. The maximum absolute atomic E-state index is 13.5. The first-order valence-electron chi connectivity index (χ1n) is 5.77. The van der Waals surface area contributed by atoms with Crippen molar-refractivity contribution in [2.45, 2.75) is 26.7 Å². The molecule has 0 saturated heterocycles. The van der Waals surface area contributed by atoms with Gasteiger partial charge in [-0.05, 0) is 36.6 Å². The number of halogens is 2. The third kappa shape index (κ3) is 2.51. The lowest BCUT2D eigenvalue weighted by molar-refractivity contribution is 0.627. The second-order valence-electron chi connectivity index (χ2n) is 4.60. The maximum atomic E-state index is 13.5. The number of hydrogen-bond donors (Lipinski definition) is 0. The molecule has 1 aromatic carbocycles. The summed E-state index contributed by atoms with van der Waals surface area (Å²) in [4.78, 5) is 8.24. The topological polar surface area (TPSA) is 25.8 Å². The van der Waals surface area contributed by atoms with Gasteiger partial charge in [-0.3, -0.25) is 0 Å². The fourth-order valence-electron chi connectivity index (χ4n) is 1.99. The van der Waals surface area contributed by atoms with Crippen molar-refractivity contribution in [3.8, 4) is 11.3 Å². The van der Waals surface area contributed by atoms with Gasteiger partial charge in [-0.15, -0.1) is 0 Å². The van der Waals surface area contributed by atoms with E-state index in [0.717, 1.165) is 16.7 Å². The zero-order chi connectivity index (χ0) is 13.3. The van der Waals surface area contributed by atoms with Crippen LogP contribution in [0.15, 0.2) is 24.5 Å². The van der Waals surface area contributed by atoms with Crippen LogP contribution in [0, 0.1) is 12.7 Å². The molecule has 0 saturated carbocycles. The van der Waals surface area contributed by atoms with Crippen LogP contribution >= 0.6 is 11.6 Å². The molecule has 0 atom stereocenters. The molecule has 0 aliphatic rings. The van der Waals surface area contributed by atoms with Crippen LogP contribution in [0.25, 0.3) is 11.3 Å². The first kappa shape index (κ1) is 13.0. The lowest BCUT2D eigenvalue weighted by Crippen LogP contribution is -1.99. The molecule has 1 aromatic heterocycles. The fraction of sp³-hybridized carbons (Fsp3) is 0.286. The summed E-state index contributed by atoms with van der Waals surface area (Å²) in [6.45, 7) is 5.88. The smallest absolute Gasteiger partial charge is 0.136 e. The van der Waals surface area contributed by atoms with Gasteiger partial charge in [0.15, 0.2) is 0 Å². The Balaban J connectivity index is 2.67. The highest BCUT2D eigenvalue weighted by atomic mass is 35.5. The predicted octanol–water partition coefficient (Wildman–Crippen LogP) is 4.37. The van der Waals surface area contributed by atoms with E-state index in [-0.39, 0.29) is 11.7 Å². The lowest BCUT2D eigenvalue weighted by Gasteiger charge is -2.13. The van der Waals surface area contributed by atoms with Gasteiger partial charge >= 0.3 is 0 Å². The third-order valence-electron chi connectivity index (χ3n) is 2.73. The zero-order valence-corrected chi connectivity index (χ0v) is 11.3. The third-order valence-corrected chi connectivity index (χ3v) is 3.03. The molecule has 94 valence electrons. The van der Waals surface area contributed by atoms with Crippen LogP contribution in [0.5, 0.6) is 0 Å². The molecular weight excluding hydrogens is 251 g/mol. The Hall–Kier alpha value is -1.48. The Morgan fingerprint density at radius 1 is 1.17 bits per heavy atom. The number of hydrogen-bond acceptors (Lipinski definition) is 2. The summed E-state index contributed by atoms with van der Waals surface area (Å²) in [7, 11) is 0. The molecule has 2 aromatic rings. The first-order valence-corrected chi connectivity index (χ1v) is 6.14. The van der Waals surface area contributed by atoms with Gasteiger partial charge in [0.05, 0.1) is 5.69 Å². The molecule has 0 bridgehead atoms. The highest BCUT2D eigenvalue weighted by Crippen LogP contribution is 2.32. The van der Waals surface area contributed by atoms with Crippen LogP contribution < -0.4 is 0 Å². The van der Waals surface area contributed by atoms with Crippen molar-refractivity contribution in [1.29, 1.82) is 0 Å². The van der Waals surface area contributed by atoms with E-state index < -0.39 is 0 Å². The summed E-state index contributed by atoms with van der Waals surface area (Å²) in [5, 5.41) is 0.428. The van der Waals surface area contributed by atoms with E-state index in [1.807, 2.05) is 26.8 Å². The fourth-order valence-corrected chi connectivity index (χ4v) is 2.34. The van der Waals surface area contributed by atoms with Crippen molar-refractivity contribution in [2.75, 3.05) is 0 Å². The Morgan fingerprint density at radius 3 is 2.50 bits per heavy atom. The second kappa shape index (κ2) is 5.02. The van der Waals surface area contributed by atoms with Gasteiger partial charge in [0.25, 0.3) is 0 Å². The van der Waals surface area contributed by atoms with Crippen molar-refractivity contribution in [1.82, 2.24) is 9.97 Å². The Bertz CT molecular complexity index is 562. The molecule has 0 spiro atoms. The van der Waals surface area contributed by atoms with Crippen LogP contribution in [0.2, 0.25) is 5.15 Å². The zero-order valence-electron chi connectivity index (χ0n) is 10.5. The van der Waals surface area contributed by atoms with Crippen LogP contribution in [0.3, 0.4) is 0 Å². The lowest BCUT2D eigenvalue weighted by atomic mass is 9.97. The van der Waals surface area contributed by atoms with Crippen molar-refractivity contribution >= 4 is 11.6 Å². The van der Waals surface area contributed by atoms with Gasteiger partial charge in [0, 0.05) is 11.1 Å². The molecule has 0 aliphatic heterocycles. The SMILES string of the molecule is Cc1cc(F)cc(-c2ncnc(Cl)c2C(C)C)c1. The number of aryl methyl sites for hydroxylation is 1. The van der Waals surface area contributed by atoms with Crippen molar-refractivity contribution in [2.24, 2.45) is 0 Å². The van der Waals surface area contributed by atoms with E-state index in [1.165, 1.54) is 18.5 Å². The Labute approximate surface area is 111 Å². The van der Waals surface area contributed by atoms with E-state index in [1.54, 1.807) is 0 Å². The van der Waals surface area contributed by atoms with Crippen molar-refractivity contribution in [3.05, 3.63) is 46.6 Å². The number of aromatic nitrogens is 2. The van der Waals surface area contributed by atoms with Gasteiger partial charge in [-0.1, -0.05) is 25.4 Å². The summed E-state index contributed by atoms with van der Waals surface area (Å²) >= 11 is 6.11. The molecule has 0 fully saturated rings. The average Bonchev–Trinajstić information content (AvgIpc) is 2.26. The summed E-state index contributed by atoms with van der Waals surface area (Å²) in [6.07, 6.45) is 1.41. The van der Waals surface area contributed by atoms with E-state index in [4.69, 9.17) is 11.6 Å². The molecule has 0 amide bonds. The first-order chi connectivity index (χ1) is 8.49. The van der Waals surface area contributed by atoms with E-state index in [9.17, 15) is 4.39 Å². The average molecular weight is 265 g/mol. The van der Waals surface area contributed by atoms with Gasteiger partial charge in [0.1, 0.15) is 17.3 Å². The molecule has 0 N–H and O–H groups in total. The molecule has 2 nitrogen and oxygen atoms in total. The molecule has 4 heteroatoms. The standard InChI is InChI=1S/C14H14ClFN2/c1-8(2)12-13(17-7-18-14(12)15)10-4-9(3)5-11(16)6-10/h4-8H,1-3H3. The molecule has 0 radical (unpaired) electrons. The summed E-state index contributed by atoms with van der Waals surface area (Å²) < 4.78 is 13.5. The Morgan fingerprint density at radius 2 is 1.89 bits per heavy atom. The van der Waals surface area contributed by atoms with Crippen LogP contribution in [0.1, 0.15) is 30.9 Å². The predicted molar refractivity (Wildman–Crippen MR) is 71.3 cm³/mol. The minimum absolute atomic E-state index is 0.178. The summed E-state index contributed by atoms with van der Waals surface area (Å²) in [6, 6.07) is 4.85. The Kier molecular flexibility index (Phi) is 3.62. The summed E-state index contributed by atoms with van der Waals surface area (Å²) in [5.74, 6) is -0.0910. The highest BCUT2D eigenvalue weighted by molar-refractivity contribution is 6.30. The number of benzene rings is 1. The monoisotopic (exact) mass is 264 g/mol. The van der Waals surface area contributed by atoms with Crippen LogP contribution in [0.4, 0.5) is 4.39 Å². The van der Waals surface area contributed by atoms with Gasteiger partial charge in [-0.2, -0.15) is 0 Å². The minimum atomic E-state index is -0.269. The van der Waals surface area contributed by atoms with Crippen molar-refractivity contribution < 1.29 is 4.39 Å². The largest absolute Gasteiger partial charge is 0.236 e. The van der Waals surface area contributed by atoms with Gasteiger partial charge < -0.3 is 0 Å². The van der Waals surface area contributed by atoms with Gasteiger partial charge in [0.2, 0.25) is 0 Å². The van der Waals surface area contributed by atoms with Crippen LogP contribution in [-0.2, 0) is 0 Å². The summed E-state index contributed by atoms with van der Waals surface area (Å²) in [5.41, 5.74) is 3.15. The molecule has 18 heavy (non-hydrogen) atoms. The maximum Gasteiger partial charge on any atom is 0.136 e. The van der Waals surface area contributed by atoms with E-state index >= 15 is 0 Å². The van der Waals surface area contributed by atoms with Crippen LogP contribution in [-0.4, -0.2) is 9.97 Å². The van der Waals surface area contributed by atoms with E-state index in [0.29, 0.717) is 10.8 Å². The molecule has 1 heterocycles. The molecule has 0 unspecified atom stereocenters. The quantitative estimate of drug-likeness (QED) is 0.753.